The van der Waals surface area contributed by atoms with Gasteiger partial charge in [-0.25, -0.2) is 0 Å². The maximum absolute atomic E-state index is 7.97. The third-order valence-electron chi connectivity index (χ3n) is 4.07. The van der Waals surface area contributed by atoms with E-state index in [4.69, 9.17) is 26.7 Å². The van der Waals surface area contributed by atoms with Crippen LogP contribution in [0.15, 0.2) is 52.9 Å². The van der Waals surface area contributed by atoms with Crippen molar-refractivity contribution in [3.63, 3.8) is 0 Å². The summed E-state index contributed by atoms with van der Waals surface area (Å²) < 4.78 is 5.96. The minimum absolute atomic E-state index is 0.0718. The highest BCUT2D eigenvalue weighted by atomic mass is 16.3. The quantitative estimate of drug-likeness (QED) is 0.294. The Bertz CT molecular complexity index is 1030. The standard InChI is InChI=1S/C18H15N5O/c19-17(20)13-9-5-1-3-7-11(9)23-15(13)16-14(18(21)22)10-6-2-4-8-12(10)24-16/h1-8,23H,(H3,19,20)(H3,21,22). The highest BCUT2D eigenvalue weighted by Crippen LogP contribution is 2.37. The van der Waals surface area contributed by atoms with Crippen molar-refractivity contribution in [2.45, 2.75) is 0 Å². The summed E-state index contributed by atoms with van der Waals surface area (Å²) in [6, 6.07) is 15.0. The van der Waals surface area contributed by atoms with E-state index in [1.54, 1.807) is 0 Å². The van der Waals surface area contributed by atoms with E-state index >= 15 is 0 Å². The lowest BCUT2D eigenvalue weighted by Crippen LogP contribution is -2.14. The third-order valence-corrected chi connectivity index (χ3v) is 4.07. The van der Waals surface area contributed by atoms with Gasteiger partial charge < -0.3 is 20.9 Å². The summed E-state index contributed by atoms with van der Waals surface area (Å²) in [7, 11) is 0. The fraction of sp³-hybridized carbons (Fsp3) is 0. The lowest BCUT2D eigenvalue weighted by Gasteiger charge is -2.03. The molecule has 7 N–H and O–H groups in total. The van der Waals surface area contributed by atoms with Crippen LogP contribution in [0.3, 0.4) is 0 Å². The van der Waals surface area contributed by atoms with Crippen molar-refractivity contribution in [2.24, 2.45) is 11.5 Å². The van der Waals surface area contributed by atoms with Crippen molar-refractivity contribution < 1.29 is 4.42 Å². The maximum atomic E-state index is 7.97. The number of hydrogen-bond donors (Lipinski definition) is 5. The molecule has 0 aliphatic rings. The smallest absolute Gasteiger partial charge is 0.163 e. The average Bonchev–Trinajstić information content (AvgIpc) is 3.12. The lowest BCUT2D eigenvalue weighted by atomic mass is 10.0. The number of fused-ring (bicyclic) bond motifs is 2. The number of amidine groups is 2. The van der Waals surface area contributed by atoms with E-state index in [1.807, 2.05) is 48.5 Å². The molecule has 4 rings (SSSR count). The van der Waals surface area contributed by atoms with E-state index in [1.165, 1.54) is 0 Å². The monoisotopic (exact) mass is 317 g/mol. The van der Waals surface area contributed by atoms with E-state index in [-0.39, 0.29) is 11.7 Å². The van der Waals surface area contributed by atoms with Crippen LogP contribution in [0.1, 0.15) is 11.1 Å². The molecule has 6 heteroatoms. The predicted molar refractivity (Wildman–Crippen MR) is 95.5 cm³/mol. The normalized spacial score (nSPS) is 11.2. The average molecular weight is 317 g/mol. The molecular weight excluding hydrogens is 302 g/mol. The first-order valence-corrected chi connectivity index (χ1v) is 7.39. The van der Waals surface area contributed by atoms with E-state index in [0.29, 0.717) is 28.2 Å². The van der Waals surface area contributed by atoms with E-state index in [2.05, 4.69) is 4.98 Å². The van der Waals surface area contributed by atoms with E-state index < -0.39 is 0 Å². The number of para-hydroxylation sites is 2. The van der Waals surface area contributed by atoms with Crippen LogP contribution in [0.5, 0.6) is 0 Å². The van der Waals surface area contributed by atoms with Crippen LogP contribution in [0, 0.1) is 10.8 Å². The minimum Gasteiger partial charge on any atom is -0.454 e. The molecule has 2 heterocycles. The second kappa shape index (κ2) is 4.99. The Kier molecular flexibility index (Phi) is 2.93. The van der Waals surface area contributed by atoms with Crippen LogP contribution in [0.4, 0.5) is 0 Å². The molecule has 0 aliphatic heterocycles. The lowest BCUT2D eigenvalue weighted by molar-refractivity contribution is 0.628. The Morgan fingerprint density at radius 1 is 0.833 bits per heavy atom. The molecule has 0 atom stereocenters. The van der Waals surface area contributed by atoms with Crippen molar-refractivity contribution >= 4 is 33.5 Å². The van der Waals surface area contributed by atoms with Gasteiger partial charge in [-0.3, -0.25) is 10.8 Å². The van der Waals surface area contributed by atoms with Gasteiger partial charge in [0.15, 0.2) is 5.76 Å². The van der Waals surface area contributed by atoms with Crippen LogP contribution < -0.4 is 11.5 Å². The largest absolute Gasteiger partial charge is 0.454 e. The van der Waals surface area contributed by atoms with Crippen molar-refractivity contribution in [3.05, 3.63) is 59.7 Å². The molecule has 0 amide bonds. The van der Waals surface area contributed by atoms with Gasteiger partial charge in [0, 0.05) is 16.3 Å². The minimum atomic E-state index is -0.0943. The van der Waals surface area contributed by atoms with Gasteiger partial charge in [-0.15, -0.1) is 0 Å². The molecule has 0 bridgehead atoms. The number of nitrogens with two attached hydrogens (primary N) is 2. The molecule has 24 heavy (non-hydrogen) atoms. The predicted octanol–water partition coefficient (Wildman–Crippen LogP) is 3.15. The van der Waals surface area contributed by atoms with Gasteiger partial charge in [0.05, 0.1) is 16.8 Å². The summed E-state index contributed by atoms with van der Waals surface area (Å²) in [4.78, 5) is 3.25. The Morgan fingerprint density at radius 2 is 1.46 bits per heavy atom. The number of benzene rings is 2. The number of aromatic nitrogens is 1. The first-order chi connectivity index (χ1) is 11.6. The Balaban J connectivity index is 2.14. The SMILES string of the molecule is N=C(N)c1c(-c2oc3ccccc3c2C(=N)N)[nH]c2ccccc12. The van der Waals surface area contributed by atoms with E-state index in [9.17, 15) is 0 Å². The Morgan fingerprint density at radius 3 is 2.17 bits per heavy atom. The fourth-order valence-corrected chi connectivity index (χ4v) is 3.08. The summed E-state index contributed by atoms with van der Waals surface area (Å²) >= 11 is 0. The molecule has 2 aromatic carbocycles. The summed E-state index contributed by atoms with van der Waals surface area (Å²) in [6.07, 6.45) is 0. The summed E-state index contributed by atoms with van der Waals surface area (Å²) in [5, 5.41) is 17.5. The van der Waals surface area contributed by atoms with Crippen molar-refractivity contribution in [2.75, 3.05) is 0 Å². The number of furan rings is 1. The molecule has 0 saturated heterocycles. The third kappa shape index (κ3) is 1.90. The fourth-order valence-electron chi connectivity index (χ4n) is 3.08. The van der Waals surface area contributed by atoms with Gasteiger partial charge in [0.25, 0.3) is 0 Å². The number of aromatic amines is 1. The zero-order valence-electron chi connectivity index (χ0n) is 12.7. The summed E-state index contributed by atoms with van der Waals surface area (Å²) in [5.41, 5.74) is 14.7. The van der Waals surface area contributed by atoms with Crippen LogP contribution in [-0.2, 0) is 0 Å². The first-order valence-electron chi connectivity index (χ1n) is 7.39. The molecule has 0 aliphatic carbocycles. The summed E-state index contributed by atoms with van der Waals surface area (Å²) in [6.45, 7) is 0. The van der Waals surface area contributed by atoms with Crippen molar-refractivity contribution in [1.82, 2.24) is 4.98 Å². The molecule has 0 fully saturated rings. The van der Waals surface area contributed by atoms with Gasteiger partial charge >= 0.3 is 0 Å². The van der Waals surface area contributed by atoms with Gasteiger partial charge in [-0.05, 0) is 12.1 Å². The second-order valence-electron chi connectivity index (χ2n) is 5.55. The molecular formula is C18H15N5O. The van der Waals surface area contributed by atoms with Crippen molar-refractivity contribution in [3.8, 4) is 11.5 Å². The molecule has 118 valence electrons. The highest BCUT2D eigenvalue weighted by Gasteiger charge is 2.24. The van der Waals surface area contributed by atoms with Gasteiger partial charge in [-0.1, -0.05) is 36.4 Å². The van der Waals surface area contributed by atoms with Crippen LogP contribution in [0.2, 0.25) is 0 Å². The number of nitrogen functional groups attached to an aromatic ring is 2. The van der Waals surface area contributed by atoms with Crippen LogP contribution in [0.25, 0.3) is 33.3 Å². The molecule has 6 nitrogen and oxygen atoms in total. The topological polar surface area (TPSA) is 129 Å². The molecule has 2 aromatic heterocycles. The number of nitrogens with one attached hydrogen (secondary N) is 3. The Hall–Kier alpha value is -3.54. The summed E-state index contributed by atoms with van der Waals surface area (Å²) in [5.74, 6) is 0.255. The van der Waals surface area contributed by atoms with Crippen LogP contribution in [-0.4, -0.2) is 16.7 Å². The molecule has 0 spiro atoms. The number of rotatable bonds is 3. The molecule has 0 saturated carbocycles. The number of hydrogen-bond acceptors (Lipinski definition) is 3. The van der Waals surface area contributed by atoms with Gasteiger partial charge in [0.2, 0.25) is 0 Å². The van der Waals surface area contributed by atoms with Gasteiger partial charge in [0.1, 0.15) is 17.3 Å². The van der Waals surface area contributed by atoms with Gasteiger partial charge in [-0.2, -0.15) is 0 Å². The van der Waals surface area contributed by atoms with Crippen LogP contribution >= 0.6 is 0 Å². The highest BCUT2D eigenvalue weighted by molar-refractivity contribution is 6.17. The maximum Gasteiger partial charge on any atom is 0.163 e. The zero-order valence-corrected chi connectivity index (χ0v) is 12.7. The molecule has 0 radical (unpaired) electrons. The second-order valence-corrected chi connectivity index (χ2v) is 5.55. The Labute approximate surface area is 137 Å². The zero-order chi connectivity index (χ0) is 16.8. The number of H-pyrrole nitrogens is 1. The van der Waals surface area contributed by atoms with E-state index in [0.717, 1.165) is 16.3 Å². The molecule has 4 aromatic rings. The van der Waals surface area contributed by atoms with Crippen molar-refractivity contribution in [1.29, 1.82) is 10.8 Å². The molecule has 0 unspecified atom stereocenters. The first kappa shape index (κ1) is 14.1.